The van der Waals surface area contributed by atoms with Gasteiger partial charge in [0, 0.05) is 38.9 Å². The fraction of sp³-hybridized carbons (Fsp3) is 0.571. The van der Waals surface area contributed by atoms with Crippen LogP contribution in [0.3, 0.4) is 0 Å². The summed E-state index contributed by atoms with van der Waals surface area (Å²) in [5.74, 6) is 0.0891. The third-order valence-corrected chi connectivity index (χ3v) is 4.59. The molecule has 0 aromatic carbocycles. The largest absolute Gasteiger partial charge is 0.459 e. The molecule has 0 radical (unpaired) electrons. The second kappa shape index (κ2) is 6.95. The number of piperazine rings is 1. The van der Waals surface area contributed by atoms with Gasteiger partial charge < -0.3 is 14.2 Å². The van der Waals surface area contributed by atoms with Crippen molar-refractivity contribution >= 4 is 21.7 Å². The molecule has 1 saturated heterocycles. The number of amides is 2. The molecule has 0 saturated carbocycles. The normalized spacial score (nSPS) is 15.9. The summed E-state index contributed by atoms with van der Waals surface area (Å²) >= 11 is 0. The van der Waals surface area contributed by atoms with Crippen LogP contribution in [0.1, 0.15) is 23.4 Å². The van der Waals surface area contributed by atoms with Gasteiger partial charge in [0.05, 0.1) is 12.0 Å². The maximum Gasteiger partial charge on any atom is 0.289 e. The van der Waals surface area contributed by atoms with E-state index in [1.807, 2.05) is 0 Å². The number of carbonyl (C=O) groups is 2. The number of sulfone groups is 1. The van der Waals surface area contributed by atoms with Crippen molar-refractivity contribution in [2.24, 2.45) is 0 Å². The first-order valence-corrected chi connectivity index (χ1v) is 9.21. The number of furan rings is 1. The highest BCUT2D eigenvalue weighted by molar-refractivity contribution is 7.90. The van der Waals surface area contributed by atoms with Crippen molar-refractivity contribution in [3.8, 4) is 0 Å². The highest BCUT2D eigenvalue weighted by Gasteiger charge is 2.25. The Morgan fingerprint density at radius 1 is 1.18 bits per heavy atom. The molecule has 1 aliphatic heterocycles. The molecule has 0 aliphatic carbocycles. The van der Waals surface area contributed by atoms with E-state index in [1.165, 1.54) is 6.26 Å². The van der Waals surface area contributed by atoms with Crippen molar-refractivity contribution in [1.82, 2.24) is 9.80 Å². The Bertz CT molecular complexity index is 616. The van der Waals surface area contributed by atoms with Crippen molar-refractivity contribution in [3.63, 3.8) is 0 Å². The van der Waals surface area contributed by atoms with Crippen LogP contribution in [0.5, 0.6) is 0 Å². The second-order valence-electron chi connectivity index (χ2n) is 5.38. The SMILES string of the molecule is CS(=O)(=O)CCCC(=O)N1CCN(C(=O)c2ccco2)CC1. The lowest BCUT2D eigenvalue weighted by Crippen LogP contribution is -2.50. The van der Waals surface area contributed by atoms with E-state index >= 15 is 0 Å². The van der Waals surface area contributed by atoms with E-state index in [-0.39, 0.29) is 24.0 Å². The molecule has 2 rings (SSSR count). The van der Waals surface area contributed by atoms with E-state index in [0.717, 1.165) is 6.26 Å². The van der Waals surface area contributed by atoms with Crippen molar-refractivity contribution in [3.05, 3.63) is 24.2 Å². The van der Waals surface area contributed by atoms with Crippen LogP contribution in [0.25, 0.3) is 0 Å². The molecule has 1 aromatic heterocycles. The molecule has 22 heavy (non-hydrogen) atoms. The van der Waals surface area contributed by atoms with Gasteiger partial charge in [-0.25, -0.2) is 8.42 Å². The molecule has 7 nitrogen and oxygen atoms in total. The van der Waals surface area contributed by atoms with E-state index in [4.69, 9.17) is 4.42 Å². The highest BCUT2D eigenvalue weighted by Crippen LogP contribution is 2.10. The summed E-state index contributed by atoms with van der Waals surface area (Å²) in [6, 6.07) is 3.28. The van der Waals surface area contributed by atoms with E-state index in [1.54, 1.807) is 21.9 Å². The monoisotopic (exact) mass is 328 g/mol. The van der Waals surface area contributed by atoms with Crippen LogP contribution in [0.4, 0.5) is 0 Å². The molecule has 122 valence electrons. The van der Waals surface area contributed by atoms with Crippen LogP contribution in [-0.4, -0.2) is 68.2 Å². The zero-order chi connectivity index (χ0) is 16.2. The smallest absolute Gasteiger partial charge is 0.289 e. The van der Waals surface area contributed by atoms with Gasteiger partial charge in [0.25, 0.3) is 5.91 Å². The molecule has 0 atom stereocenters. The Balaban J connectivity index is 1.77. The Labute approximate surface area is 129 Å². The van der Waals surface area contributed by atoms with E-state index in [2.05, 4.69) is 0 Å². The minimum Gasteiger partial charge on any atom is -0.459 e. The lowest BCUT2D eigenvalue weighted by molar-refractivity contribution is -0.132. The van der Waals surface area contributed by atoms with Crippen LogP contribution in [-0.2, 0) is 14.6 Å². The summed E-state index contributed by atoms with van der Waals surface area (Å²) in [5.41, 5.74) is 0. The molecule has 1 fully saturated rings. The molecule has 2 amide bonds. The minimum atomic E-state index is -3.03. The molecule has 0 unspecified atom stereocenters. The summed E-state index contributed by atoms with van der Waals surface area (Å²) in [6.07, 6.45) is 3.17. The lowest BCUT2D eigenvalue weighted by atomic mass is 10.2. The Kier molecular flexibility index (Phi) is 5.23. The quantitative estimate of drug-likeness (QED) is 0.780. The molecule has 0 bridgehead atoms. The summed E-state index contributed by atoms with van der Waals surface area (Å²) in [7, 11) is -3.03. The van der Waals surface area contributed by atoms with Gasteiger partial charge in [0.15, 0.2) is 5.76 Å². The Hall–Kier alpha value is -1.83. The topological polar surface area (TPSA) is 87.9 Å². The van der Waals surface area contributed by atoms with Gasteiger partial charge in [0.1, 0.15) is 9.84 Å². The van der Waals surface area contributed by atoms with Crippen molar-refractivity contribution in [2.75, 3.05) is 38.2 Å². The number of hydrogen-bond acceptors (Lipinski definition) is 5. The zero-order valence-corrected chi connectivity index (χ0v) is 13.3. The predicted octanol–water partition coefficient (Wildman–Crippen LogP) is 0.389. The number of hydrogen-bond donors (Lipinski definition) is 0. The van der Waals surface area contributed by atoms with Gasteiger partial charge in [-0.15, -0.1) is 0 Å². The first kappa shape index (κ1) is 16.5. The maximum absolute atomic E-state index is 12.1. The first-order chi connectivity index (χ1) is 10.4. The van der Waals surface area contributed by atoms with E-state index < -0.39 is 9.84 Å². The first-order valence-electron chi connectivity index (χ1n) is 7.15. The molecular formula is C14H20N2O5S. The molecule has 1 aromatic rings. The third-order valence-electron chi connectivity index (χ3n) is 3.56. The van der Waals surface area contributed by atoms with E-state index in [0.29, 0.717) is 38.4 Å². The number of nitrogens with zero attached hydrogens (tertiary/aromatic N) is 2. The summed E-state index contributed by atoms with van der Waals surface area (Å²) in [4.78, 5) is 27.4. The summed E-state index contributed by atoms with van der Waals surface area (Å²) in [6.45, 7) is 1.84. The van der Waals surface area contributed by atoms with Crippen molar-refractivity contribution < 1.29 is 22.4 Å². The van der Waals surface area contributed by atoms with Crippen molar-refractivity contribution in [1.29, 1.82) is 0 Å². The molecular weight excluding hydrogens is 308 g/mol. The van der Waals surface area contributed by atoms with Gasteiger partial charge in [-0.1, -0.05) is 0 Å². The molecule has 0 spiro atoms. The molecule has 2 heterocycles. The summed E-state index contributed by atoms with van der Waals surface area (Å²) in [5, 5.41) is 0. The number of carbonyl (C=O) groups excluding carboxylic acids is 2. The molecule has 1 aliphatic rings. The average Bonchev–Trinajstić information content (AvgIpc) is 2.99. The van der Waals surface area contributed by atoms with Crippen LogP contribution in [0, 0.1) is 0 Å². The van der Waals surface area contributed by atoms with Gasteiger partial charge in [-0.2, -0.15) is 0 Å². The standard InChI is InChI=1S/C14H20N2O5S/c1-22(19,20)11-3-5-13(17)15-6-8-16(9-7-15)14(18)12-4-2-10-21-12/h2,4,10H,3,5-9,11H2,1H3. The third kappa shape index (κ3) is 4.59. The molecule has 8 heteroatoms. The van der Waals surface area contributed by atoms with Gasteiger partial charge in [-0.3, -0.25) is 9.59 Å². The predicted molar refractivity (Wildman–Crippen MR) is 80.1 cm³/mol. The van der Waals surface area contributed by atoms with Crippen LogP contribution in [0.15, 0.2) is 22.8 Å². The van der Waals surface area contributed by atoms with Crippen LogP contribution in [0.2, 0.25) is 0 Å². The van der Waals surface area contributed by atoms with Gasteiger partial charge >= 0.3 is 0 Å². The van der Waals surface area contributed by atoms with Crippen LogP contribution < -0.4 is 0 Å². The molecule has 0 N–H and O–H groups in total. The highest BCUT2D eigenvalue weighted by atomic mass is 32.2. The van der Waals surface area contributed by atoms with Gasteiger partial charge in [0.2, 0.25) is 5.91 Å². The Morgan fingerprint density at radius 2 is 1.82 bits per heavy atom. The minimum absolute atomic E-state index is 0.0235. The van der Waals surface area contributed by atoms with Crippen LogP contribution >= 0.6 is 0 Å². The van der Waals surface area contributed by atoms with Crippen molar-refractivity contribution in [2.45, 2.75) is 12.8 Å². The fourth-order valence-corrected chi connectivity index (χ4v) is 3.03. The summed E-state index contributed by atoms with van der Waals surface area (Å²) < 4.78 is 27.2. The fourth-order valence-electron chi connectivity index (χ4n) is 2.36. The van der Waals surface area contributed by atoms with E-state index in [9.17, 15) is 18.0 Å². The lowest BCUT2D eigenvalue weighted by Gasteiger charge is -2.34. The van der Waals surface area contributed by atoms with Gasteiger partial charge in [-0.05, 0) is 18.6 Å². The Morgan fingerprint density at radius 3 is 2.36 bits per heavy atom. The average molecular weight is 328 g/mol. The maximum atomic E-state index is 12.1. The zero-order valence-electron chi connectivity index (χ0n) is 12.5. The number of rotatable bonds is 5. The second-order valence-corrected chi connectivity index (χ2v) is 7.64.